The molecule has 1 aliphatic rings. The molecule has 1 aromatic rings. The maximum atomic E-state index is 12.3. The summed E-state index contributed by atoms with van der Waals surface area (Å²) in [4.78, 5) is 11.7. The molecule has 2 rings (SSSR count). The third kappa shape index (κ3) is 2.31. The molecule has 0 N–H and O–H groups in total. The minimum atomic E-state index is -4.39. The van der Waals surface area contributed by atoms with E-state index in [2.05, 4.69) is 0 Å². The normalized spacial score (nSPS) is 22.9. The minimum absolute atomic E-state index is 0.237. The van der Waals surface area contributed by atoms with Gasteiger partial charge >= 0.3 is 6.18 Å². The number of halogens is 3. The van der Waals surface area contributed by atoms with Gasteiger partial charge in [0.1, 0.15) is 0 Å². The number of ketones is 1. The lowest BCUT2D eigenvalue weighted by Gasteiger charge is -2.06. The SMILES string of the molecule is N#CC1CC1C(=O)c1ccc(C(F)(F)F)cc1. The summed E-state index contributed by atoms with van der Waals surface area (Å²) in [6, 6.07) is 6.08. The number of alkyl halides is 3. The van der Waals surface area contributed by atoms with Gasteiger partial charge in [0.2, 0.25) is 0 Å². The molecule has 1 saturated carbocycles. The fourth-order valence-corrected chi connectivity index (χ4v) is 1.67. The van der Waals surface area contributed by atoms with Crippen LogP contribution in [0.2, 0.25) is 0 Å². The Morgan fingerprint density at radius 2 is 1.88 bits per heavy atom. The molecule has 0 aromatic heterocycles. The van der Waals surface area contributed by atoms with Crippen molar-refractivity contribution in [3.05, 3.63) is 35.4 Å². The Morgan fingerprint density at radius 3 is 2.29 bits per heavy atom. The van der Waals surface area contributed by atoms with Gasteiger partial charge in [-0.15, -0.1) is 0 Å². The van der Waals surface area contributed by atoms with Crippen molar-refractivity contribution < 1.29 is 18.0 Å². The van der Waals surface area contributed by atoms with Crippen LogP contribution in [0.4, 0.5) is 13.2 Å². The predicted octanol–water partition coefficient (Wildman–Crippen LogP) is 3.05. The molecule has 0 spiro atoms. The summed E-state index contributed by atoms with van der Waals surface area (Å²) in [6.45, 7) is 0. The van der Waals surface area contributed by atoms with Crippen molar-refractivity contribution in [3.8, 4) is 6.07 Å². The Balaban J connectivity index is 2.14. The van der Waals surface area contributed by atoms with E-state index in [0.717, 1.165) is 24.3 Å². The third-order valence-electron chi connectivity index (χ3n) is 2.79. The number of Topliss-reactive ketones (excluding diaryl/α,β-unsaturated/α-hetero) is 1. The van der Waals surface area contributed by atoms with Crippen LogP contribution < -0.4 is 0 Å². The summed E-state index contributed by atoms with van der Waals surface area (Å²) in [5.74, 6) is -0.855. The second-order valence-corrected chi connectivity index (χ2v) is 4.02. The molecule has 0 aliphatic heterocycles. The van der Waals surface area contributed by atoms with Gasteiger partial charge in [0.15, 0.2) is 5.78 Å². The fourth-order valence-electron chi connectivity index (χ4n) is 1.67. The van der Waals surface area contributed by atoms with Crippen LogP contribution in [0.1, 0.15) is 22.3 Å². The molecule has 0 amide bonds. The number of nitrogens with zero attached hydrogens (tertiary/aromatic N) is 1. The first-order chi connectivity index (χ1) is 7.93. The van der Waals surface area contributed by atoms with E-state index in [9.17, 15) is 18.0 Å². The molecule has 88 valence electrons. The van der Waals surface area contributed by atoms with Gasteiger partial charge in [0.05, 0.1) is 17.6 Å². The van der Waals surface area contributed by atoms with Crippen molar-refractivity contribution in [2.45, 2.75) is 12.6 Å². The number of hydrogen-bond acceptors (Lipinski definition) is 2. The highest BCUT2D eigenvalue weighted by Crippen LogP contribution is 2.40. The lowest BCUT2D eigenvalue weighted by Crippen LogP contribution is -2.07. The van der Waals surface area contributed by atoms with Gasteiger partial charge in [0, 0.05) is 11.5 Å². The third-order valence-corrected chi connectivity index (χ3v) is 2.79. The molecule has 5 heteroatoms. The Hall–Kier alpha value is -1.83. The van der Waals surface area contributed by atoms with Crippen molar-refractivity contribution >= 4 is 5.78 Å². The number of carbonyl (C=O) groups excluding carboxylic acids is 1. The molecular weight excluding hydrogens is 231 g/mol. The molecule has 2 unspecified atom stereocenters. The van der Waals surface area contributed by atoms with Gasteiger partial charge < -0.3 is 0 Å². The number of hydrogen-bond donors (Lipinski definition) is 0. The van der Waals surface area contributed by atoms with Gasteiger partial charge in [-0.3, -0.25) is 4.79 Å². The second-order valence-electron chi connectivity index (χ2n) is 4.02. The summed E-state index contributed by atoms with van der Waals surface area (Å²) >= 11 is 0. The lowest BCUT2D eigenvalue weighted by molar-refractivity contribution is -0.137. The summed E-state index contributed by atoms with van der Waals surface area (Å²) < 4.78 is 36.8. The van der Waals surface area contributed by atoms with E-state index in [1.807, 2.05) is 6.07 Å². The molecule has 2 atom stereocenters. The molecule has 17 heavy (non-hydrogen) atoms. The van der Waals surface area contributed by atoms with Crippen LogP contribution in [0, 0.1) is 23.2 Å². The summed E-state index contributed by atoms with van der Waals surface area (Å²) in [5.41, 5.74) is -0.539. The highest BCUT2D eigenvalue weighted by atomic mass is 19.4. The zero-order valence-corrected chi connectivity index (χ0v) is 8.66. The summed E-state index contributed by atoms with van der Waals surface area (Å²) in [5, 5.41) is 8.57. The van der Waals surface area contributed by atoms with Crippen LogP contribution in [-0.4, -0.2) is 5.78 Å². The van der Waals surface area contributed by atoms with Crippen molar-refractivity contribution in [2.75, 3.05) is 0 Å². The topological polar surface area (TPSA) is 40.9 Å². The van der Waals surface area contributed by atoms with Crippen molar-refractivity contribution in [1.29, 1.82) is 5.26 Å². The monoisotopic (exact) mass is 239 g/mol. The van der Waals surface area contributed by atoms with Crippen LogP contribution in [0.5, 0.6) is 0 Å². The zero-order chi connectivity index (χ0) is 12.6. The summed E-state index contributed by atoms with van der Waals surface area (Å²) in [7, 11) is 0. The Kier molecular flexibility index (Phi) is 2.66. The van der Waals surface area contributed by atoms with Crippen LogP contribution >= 0.6 is 0 Å². The molecule has 0 saturated heterocycles. The summed E-state index contributed by atoms with van der Waals surface area (Å²) in [6.07, 6.45) is -3.88. The molecule has 0 heterocycles. The van der Waals surface area contributed by atoms with Gasteiger partial charge in [0.25, 0.3) is 0 Å². The molecule has 1 aliphatic carbocycles. The Morgan fingerprint density at radius 1 is 1.29 bits per heavy atom. The molecule has 1 fully saturated rings. The Bertz CT molecular complexity index is 484. The lowest BCUT2D eigenvalue weighted by atomic mass is 10.0. The fraction of sp³-hybridized carbons (Fsp3) is 0.333. The van der Waals surface area contributed by atoms with E-state index < -0.39 is 11.7 Å². The van der Waals surface area contributed by atoms with E-state index in [0.29, 0.717) is 6.42 Å². The standard InChI is InChI=1S/C12H8F3NO/c13-12(14,15)9-3-1-7(2-4-9)11(17)10-5-8(10)6-16/h1-4,8,10H,5H2. The molecule has 0 radical (unpaired) electrons. The molecular formula is C12H8F3NO. The quantitative estimate of drug-likeness (QED) is 0.744. The number of nitriles is 1. The predicted molar refractivity (Wildman–Crippen MR) is 53.0 cm³/mol. The highest BCUT2D eigenvalue weighted by molar-refractivity contribution is 6.00. The average Bonchev–Trinajstić information content (AvgIpc) is 3.06. The first-order valence-corrected chi connectivity index (χ1v) is 5.04. The maximum absolute atomic E-state index is 12.3. The van der Waals surface area contributed by atoms with E-state index in [4.69, 9.17) is 5.26 Å². The van der Waals surface area contributed by atoms with Crippen LogP contribution in [0.25, 0.3) is 0 Å². The number of benzene rings is 1. The van der Waals surface area contributed by atoms with Crippen LogP contribution in [0.3, 0.4) is 0 Å². The molecule has 0 bridgehead atoms. The molecule has 1 aromatic carbocycles. The zero-order valence-electron chi connectivity index (χ0n) is 8.66. The van der Waals surface area contributed by atoms with Gasteiger partial charge in [-0.25, -0.2) is 0 Å². The van der Waals surface area contributed by atoms with E-state index in [-0.39, 0.29) is 23.2 Å². The largest absolute Gasteiger partial charge is 0.416 e. The Labute approximate surface area is 95.7 Å². The number of carbonyl (C=O) groups is 1. The van der Waals surface area contributed by atoms with Crippen molar-refractivity contribution in [1.82, 2.24) is 0 Å². The first-order valence-electron chi connectivity index (χ1n) is 5.04. The second kappa shape index (κ2) is 3.88. The average molecular weight is 239 g/mol. The van der Waals surface area contributed by atoms with Crippen molar-refractivity contribution in [3.63, 3.8) is 0 Å². The van der Waals surface area contributed by atoms with Gasteiger partial charge in [-0.1, -0.05) is 12.1 Å². The minimum Gasteiger partial charge on any atom is -0.294 e. The van der Waals surface area contributed by atoms with Crippen LogP contribution in [0.15, 0.2) is 24.3 Å². The first kappa shape index (κ1) is 11.6. The highest BCUT2D eigenvalue weighted by Gasteiger charge is 2.43. The van der Waals surface area contributed by atoms with Gasteiger partial charge in [-0.05, 0) is 18.6 Å². The molecule has 2 nitrogen and oxygen atoms in total. The van der Waals surface area contributed by atoms with Gasteiger partial charge in [-0.2, -0.15) is 18.4 Å². The smallest absolute Gasteiger partial charge is 0.294 e. The van der Waals surface area contributed by atoms with Crippen LogP contribution in [-0.2, 0) is 6.18 Å². The maximum Gasteiger partial charge on any atom is 0.416 e. The van der Waals surface area contributed by atoms with E-state index >= 15 is 0 Å². The van der Waals surface area contributed by atoms with Crippen molar-refractivity contribution in [2.24, 2.45) is 11.8 Å². The van der Waals surface area contributed by atoms with E-state index in [1.165, 1.54) is 0 Å². The number of rotatable bonds is 2. The van der Waals surface area contributed by atoms with E-state index in [1.54, 1.807) is 0 Å².